The molecule has 0 fully saturated rings. The van der Waals surface area contributed by atoms with Gasteiger partial charge in [-0.2, -0.15) is 0 Å². The number of aromatic nitrogens is 2. The Morgan fingerprint density at radius 2 is 2.60 bits per heavy atom. The van der Waals surface area contributed by atoms with E-state index in [0.717, 1.165) is 0 Å². The van der Waals surface area contributed by atoms with E-state index in [4.69, 9.17) is 10.8 Å². The van der Waals surface area contributed by atoms with Gasteiger partial charge < -0.3 is 15.8 Å². The Morgan fingerprint density at radius 1 is 1.90 bits per heavy atom. The molecular formula is C5H7N3O2. The summed E-state index contributed by atoms with van der Waals surface area (Å²) in [5.74, 6) is -0.259. The molecule has 0 aliphatic carbocycles. The van der Waals surface area contributed by atoms with Gasteiger partial charge in [-0.15, -0.1) is 0 Å². The molecule has 10 heavy (non-hydrogen) atoms. The fraction of sp³-hybridized carbons (Fsp3) is 0.200. The number of carbonyl (C=O) groups excluding carboxylic acids is 1. The van der Waals surface area contributed by atoms with Gasteiger partial charge in [0.05, 0.1) is 0 Å². The topological polar surface area (TPSA) is 92.0 Å². The normalized spacial score (nSPS) is 9.70. The number of aromatic amines is 1. The SMILES string of the molecule is NC(=O)c1c[nH]c(CO)n1. The maximum Gasteiger partial charge on any atom is 0.268 e. The van der Waals surface area contributed by atoms with Crippen LogP contribution in [0.1, 0.15) is 16.3 Å². The third kappa shape index (κ3) is 1.14. The van der Waals surface area contributed by atoms with Crippen LogP contribution >= 0.6 is 0 Å². The van der Waals surface area contributed by atoms with Crippen molar-refractivity contribution in [2.45, 2.75) is 6.61 Å². The minimum Gasteiger partial charge on any atom is -0.388 e. The van der Waals surface area contributed by atoms with Gasteiger partial charge in [-0.05, 0) is 0 Å². The number of H-pyrrole nitrogens is 1. The van der Waals surface area contributed by atoms with Gasteiger partial charge in [-0.3, -0.25) is 4.79 Å². The minimum atomic E-state index is -0.601. The summed E-state index contributed by atoms with van der Waals surface area (Å²) in [6.07, 6.45) is 1.36. The summed E-state index contributed by atoms with van der Waals surface area (Å²) in [7, 11) is 0. The van der Waals surface area contributed by atoms with Crippen LogP contribution in [0, 0.1) is 0 Å². The molecule has 0 aliphatic heterocycles. The highest BCUT2D eigenvalue weighted by Gasteiger charge is 2.03. The van der Waals surface area contributed by atoms with Crippen molar-refractivity contribution in [3.8, 4) is 0 Å². The first-order valence-electron chi connectivity index (χ1n) is 2.69. The highest BCUT2D eigenvalue weighted by atomic mass is 16.3. The molecule has 0 aliphatic rings. The minimum absolute atomic E-state index is 0.143. The van der Waals surface area contributed by atoms with Gasteiger partial charge in [0.1, 0.15) is 18.1 Å². The average Bonchev–Trinajstić information content (AvgIpc) is 2.34. The zero-order valence-electron chi connectivity index (χ0n) is 5.16. The number of nitrogens with zero attached hydrogens (tertiary/aromatic N) is 1. The number of nitrogens with two attached hydrogens (primary N) is 1. The lowest BCUT2D eigenvalue weighted by atomic mass is 10.5. The number of aliphatic hydroxyl groups is 1. The standard InChI is InChI=1S/C5H7N3O2/c6-5(10)3-1-7-4(2-9)8-3/h1,9H,2H2,(H2,6,10)(H,7,8). The van der Waals surface area contributed by atoms with Crippen LogP contribution in [0.2, 0.25) is 0 Å². The maximum absolute atomic E-state index is 10.4. The number of imidazole rings is 1. The van der Waals surface area contributed by atoms with Crippen LogP contribution in [0.15, 0.2) is 6.20 Å². The largest absolute Gasteiger partial charge is 0.388 e. The molecule has 1 aromatic heterocycles. The van der Waals surface area contributed by atoms with E-state index in [1.807, 2.05) is 0 Å². The summed E-state index contributed by atoms with van der Waals surface area (Å²) in [5.41, 5.74) is 5.02. The fourth-order valence-electron chi connectivity index (χ4n) is 0.569. The van der Waals surface area contributed by atoms with Gasteiger partial charge in [0.25, 0.3) is 5.91 Å². The lowest BCUT2D eigenvalue weighted by Gasteiger charge is -1.83. The van der Waals surface area contributed by atoms with Crippen LogP contribution in [0.4, 0.5) is 0 Å². The number of primary amides is 1. The van der Waals surface area contributed by atoms with Gasteiger partial charge >= 0.3 is 0 Å². The van der Waals surface area contributed by atoms with Crippen molar-refractivity contribution in [2.24, 2.45) is 5.73 Å². The van der Waals surface area contributed by atoms with E-state index in [0.29, 0.717) is 5.82 Å². The second-order valence-corrected chi connectivity index (χ2v) is 1.75. The molecule has 0 saturated heterocycles. The zero-order valence-corrected chi connectivity index (χ0v) is 5.16. The van der Waals surface area contributed by atoms with Crippen molar-refractivity contribution in [1.29, 1.82) is 0 Å². The Bertz CT molecular complexity index is 243. The molecule has 1 rings (SSSR count). The molecule has 1 heterocycles. The monoisotopic (exact) mass is 141 g/mol. The highest BCUT2D eigenvalue weighted by Crippen LogP contribution is 1.94. The number of carbonyl (C=O) groups is 1. The van der Waals surface area contributed by atoms with E-state index < -0.39 is 5.91 Å². The number of nitrogens with one attached hydrogen (secondary N) is 1. The molecule has 0 spiro atoms. The van der Waals surface area contributed by atoms with Crippen molar-refractivity contribution in [2.75, 3.05) is 0 Å². The van der Waals surface area contributed by atoms with Crippen molar-refractivity contribution in [1.82, 2.24) is 9.97 Å². The summed E-state index contributed by atoms with van der Waals surface area (Å²) >= 11 is 0. The molecule has 0 unspecified atom stereocenters. The van der Waals surface area contributed by atoms with Crippen LogP contribution in [-0.4, -0.2) is 21.0 Å². The van der Waals surface area contributed by atoms with Crippen molar-refractivity contribution >= 4 is 5.91 Å². The first-order chi connectivity index (χ1) is 4.74. The second-order valence-electron chi connectivity index (χ2n) is 1.75. The fourth-order valence-corrected chi connectivity index (χ4v) is 0.569. The van der Waals surface area contributed by atoms with E-state index >= 15 is 0 Å². The van der Waals surface area contributed by atoms with Gasteiger partial charge in [0.2, 0.25) is 0 Å². The molecule has 0 bridgehead atoms. The Labute approximate surface area is 56.9 Å². The lowest BCUT2D eigenvalue weighted by molar-refractivity contribution is 0.0996. The molecule has 1 aromatic rings. The van der Waals surface area contributed by atoms with E-state index in [-0.39, 0.29) is 12.3 Å². The second kappa shape index (κ2) is 2.49. The van der Waals surface area contributed by atoms with Gasteiger partial charge in [-0.1, -0.05) is 0 Å². The first kappa shape index (κ1) is 6.76. The molecule has 5 nitrogen and oxygen atoms in total. The molecule has 0 aromatic carbocycles. The van der Waals surface area contributed by atoms with Crippen molar-refractivity contribution < 1.29 is 9.90 Å². The predicted molar refractivity (Wildman–Crippen MR) is 33.0 cm³/mol. The molecule has 5 heteroatoms. The lowest BCUT2D eigenvalue weighted by Crippen LogP contribution is -2.11. The van der Waals surface area contributed by atoms with Crippen LogP contribution in [0.25, 0.3) is 0 Å². The summed E-state index contributed by atoms with van der Waals surface area (Å²) in [5, 5.41) is 8.49. The zero-order chi connectivity index (χ0) is 7.56. The first-order valence-corrected chi connectivity index (χ1v) is 2.69. The van der Waals surface area contributed by atoms with Crippen LogP contribution in [-0.2, 0) is 6.61 Å². The third-order valence-corrected chi connectivity index (χ3v) is 1.03. The molecule has 54 valence electrons. The summed E-state index contributed by atoms with van der Waals surface area (Å²) < 4.78 is 0. The third-order valence-electron chi connectivity index (χ3n) is 1.03. The number of rotatable bonds is 2. The van der Waals surface area contributed by atoms with E-state index in [2.05, 4.69) is 9.97 Å². The molecule has 0 atom stereocenters. The maximum atomic E-state index is 10.4. The average molecular weight is 141 g/mol. The Hall–Kier alpha value is -1.36. The Morgan fingerprint density at radius 3 is 2.90 bits per heavy atom. The molecule has 0 radical (unpaired) electrons. The molecule has 0 saturated carbocycles. The predicted octanol–water partition coefficient (Wildman–Crippen LogP) is -0.999. The van der Waals surface area contributed by atoms with Gasteiger partial charge in [-0.25, -0.2) is 4.98 Å². The van der Waals surface area contributed by atoms with Crippen LogP contribution in [0.5, 0.6) is 0 Å². The molecular weight excluding hydrogens is 134 g/mol. The van der Waals surface area contributed by atoms with Crippen LogP contribution in [0.3, 0.4) is 0 Å². The smallest absolute Gasteiger partial charge is 0.268 e. The Balaban J connectivity index is 2.88. The number of hydrogen-bond acceptors (Lipinski definition) is 3. The van der Waals surface area contributed by atoms with E-state index in [1.165, 1.54) is 6.20 Å². The quantitative estimate of drug-likeness (QED) is 0.493. The van der Waals surface area contributed by atoms with Gasteiger partial charge in [0, 0.05) is 6.20 Å². The van der Waals surface area contributed by atoms with Gasteiger partial charge in [0.15, 0.2) is 0 Å². The number of hydrogen-bond donors (Lipinski definition) is 3. The number of aliphatic hydroxyl groups excluding tert-OH is 1. The van der Waals surface area contributed by atoms with Crippen LogP contribution < -0.4 is 5.73 Å². The summed E-state index contributed by atoms with van der Waals surface area (Å²) in [4.78, 5) is 16.6. The Kier molecular flexibility index (Phi) is 1.68. The summed E-state index contributed by atoms with van der Waals surface area (Å²) in [6, 6.07) is 0. The van der Waals surface area contributed by atoms with E-state index in [1.54, 1.807) is 0 Å². The highest BCUT2D eigenvalue weighted by molar-refractivity contribution is 5.90. The molecule has 1 amide bonds. The number of amides is 1. The van der Waals surface area contributed by atoms with Crippen molar-refractivity contribution in [3.63, 3.8) is 0 Å². The van der Waals surface area contributed by atoms with Crippen molar-refractivity contribution in [3.05, 3.63) is 17.7 Å². The van der Waals surface area contributed by atoms with E-state index in [9.17, 15) is 4.79 Å². The summed E-state index contributed by atoms with van der Waals surface area (Å²) in [6.45, 7) is -0.215. The molecule has 4 N–H and O–H groups in total.